The fourth-order valence-electron chi connectivity index (χ4n) is 2.48. The summed E-state index contributed by atoms with van der Waals surface area (Å²) in [4.78, 5) is 12.1. The van der Waals surface area contributed by atoms with E-state index in [9.17, 15) is 0 Å². The highest BCUT2D eigenvalue weighted by Crippen LogP contribution is 2.31. The molecule has 1 aliphatic rings. The minimum absolute atomic E-state index is 0.0747. The first-order chi connectivity index (χ1) is 10.2. The topological polar surface area (TPSA) is 106 Å². The number of rotatable bonds is 4. The Balaban J connectivity index is 2.27. The van der Waals surface area contributed by atoms with E-state index in [1.807, 2.05) is 12.1 Å². The Morgan fingerprint density at radius 1 is 1.29 bits per heavy atom. The molecular weight excluding hydrogens is 266 g/mol. The van der Waals surface area contributed by atoms with Crippen LogP contribution in [0, 0.1) is 28.6 Å². The quantitative estimate of drug-likeness (QED) is 0.827. The summed E-state index contributed by atoms with van der Waals surface area (Å²) in [6.07, 6.45) is 3.67. The molecule has 1 fully saturated rings. The number of hydrogen-bond donors (Lipinski definition) is 1. The molecule has 0 aliphatic carbocycles. The molecule has 7 nitrogen and oxygen atoms in total. The molecule has 2 heterocycles. The summed E-state index contributed by atoms with van der Waals surface area (Å²) in [5.41, 5.74) is 6.63. The highest BCUT2D eigenvalue weighted by atomic mass is 15.3. The first-order valence-electron chi connectivity index (χ1n) is 7.01. The summed E-state index contributed by atoms with van der Waals surface area (Å²) < 4.78 is 0. The first-order valence-corrected chi connectivity index (χ1v) is 7.01. The van der Waals surface area contributed by atoms with Crippen molar-refractivity contribution in [1.82, 2.24) is 9.97 Å². The maximum Gasteiger partial charge on any atom is 0.159 e. The smallest absolute Gasteiger partial charge is 0.159 e. The van der Waals surface area contributed by atoms with E-state index in [4.69, 9.17) is 16.3 Å². The van der Waals surface area contributed by atoms with Crippen molar-refractivity contribution in [1.29, 1.82) is 10.5 Å². The van der Waals surface area contributed by atoms with Crippen LogP contribution in [0.25, 0.3) is 0 Å². The number of aromatic nitrogens is 2. The largest absolute Gasteiger partial charge is 0.393 e. The standard InChI is InChI=1S/C14H19N7/c1-11-2-6-20(7-3-11)13-12(17)14(19-10-18-13)21(8-4-15)9-5-16/h10-11H,2-3,6-9,17H2,1H3. The van der Waals surface area contributed by atoms with Gasteiger partial charge in [-0.15, -0.1) is 0 Å². The monoisotopic (exact) mass is 285 g/mol. The zero-order valence-corrected chi connectivity index (χ0v) is 12.2. The van der Waals surface area contributed by atoms with Crippen molar-refractivity contribution in [3.8, 4) is 12.1 Å². The van der Waals surface area contributed by atoms with Crippen LogP contribution in [0.15, 0.2) is 6.33 Å². The maximum atomic E-state index is 8.87. The van der Waals surface area contributed by atoms with E-state index in [1.54, 1.807) is 4.90 Å². The molecule has 1 aliphatic heterocycles. The highest BCUT2D eigenvalue weighted by molar-refractivity contribution is 5.76. The van der Waals surface area contributed by atoms with Crippen LogP contribution >= 0.6 is 0 Å². The van der Waals surface area contributed by atoms with Crippen molar-refractivity contribution in [2.45, 2.75) is 19.8 Å². The van der Waals surface area contributed by atoms with Gasteiger partial charge in [0.05, 0.1) is 12.1 Å². The van der Waals surface area contributed by atoms with Crippen LogP contribution in [-0.2, 0) is 0 Å². The Labute approximate surface area is 124 Å². The zero-order valence-electron chi connectivity index (χ0n) is 12.2. The van der Waals surface area contributed by atoms with Gasteiger partial charge in [-0.1, -0.05) is 6.92 Å². The fraction of sp³-hybridized carbons (Fsp3) is 0.571. The third-order valence-electron chi connectivity index (χ3n) is 3.75. The highest BCUT2D eigenvalue weighted by Gasteiger charge is 2.22. The molecule has 1 aromatic rings. The molecule has 2 N–H and O–H groups in total. The number of nitrogens with two attached hydrogens (primary N) is 1. The number of nitrogen functional groups attached to an aromatic ring is 1. The summed E-state index contributed by atoms with van der Waals surface area (Å²) in [7, 11) is 0. The number of nitrogens with zero attached hydrogens (tertiary/aromatic N) is 6. The average Bonchev–Trinajstić information content (AvgIpc) is 2.48. The molecule has 7 heteroatoms. The lowest BCUT2D eigenvalue weighted by molar-refractivity contribution is 0.437. The van der Waals surface area contributed by atoms with Gasteiger partial charge in [0.1, 0.15) is 25.1 Å². The predicted molar refractivity (Wildman–Crippen MR) is 80.5 cm³/mol. The molecule has 110 valence electrons. The summed E-state index contributed by atoms with van der Waals surface area (Å²) in [6.45, 7) is 4.22. The van der Waals surface area contributed by atoms with Gasteiger partial charge in [-0.3, -0.25) is 0 Å². The molecule has 0 bridgehead atoms. The third kappa shape index (κ3) is 3.32. The van der Waals surface area contributed by atoms with Gasteiger partial charge in [0.25, 0.3) is 0 Å². The van der Waals surface area contributed by atoms with Gasteiger partial charge < -0.3 is 15.5 Å². The van der Waals surface area contributed by atoms with Crippen molar-refractivity contribution < 1.29 is 0 Å². The molecule has 0 radical (unpaired) electrons. The number of piperidine rings is 1. The van der Waals surface area contributed by atoms with Gasteiger partial charge in [-0.2, -0.15) is 10.5 Å². The Morgan fingerprint density at radius 2 is 1.90 bits per heavy atom. The van der Waals surface area contributed by atoms with Crippen molar-refractivity contribution in [3.63, 3.8) is 0 Å². The van der Waals surface area contributed by atoms with Crippen LogP contribution in [0.2, 0.25) is 0 Å². The van der Waals surface area contributed by atoms with Gasteiger partial charge in [-0.25, -0.2) is 9.97 Å². The second-order valence-corrected chi connectivity index (χ2v) is 5.28. The molecule has 0 atom stereocenters. The lowest BCUT2D eigenvalue weighted by Crippen LogP contribution is -2.35. The van der Waals surface area contributed by atoms with Crippen molar-refractivity contribution in [2.75, 3.05) is 41.7 Å². The maximum absolute atomic E-state index is 8.87. The van der Waals surface area contributed by atoms with Crippen LogP contribution < -0.4 is 15.5 Å². The Morgan fingerprint density at radius 3 is 2.48 bits per heavy atom. The Bertz CT molecular complexity index is 548. The molecule has 0 aromatic carbocycles. The van der Waals surface area contributed by atoms with Crippen molar-refractivity contribution >= 4 is 17.3 Å². The fourth-order valence-corrected chi connectivity index (χ4v) is 2.48. The summed E-state index contributed by atoms with van der Waals surface area (Å²) in [5.74, 6) is 1.88. The molecule has 0 spiro atoms. The van der Waals surface area contributed by atoms with Crippen LogP contribution in [0.5, 0.6) is 0 Å². The molecule has 1 saturated heterocycles. The number of nitriles is 2. The Hall–Kier alpha value is -2.54. The van der Waals surface area contributed by atoms with Crippen LogP contribution in [0.1, 0.15) is 19.8 Å². The van der Waals surface area contributed by atoms with E-state index in [0.717, 1.165) is 31.8 Å². The molecule has 0 saturated carbocycles. The number of hydrogen-bond acceptors (Lipinski definition) is 7. The SMILES string of the molecule is CC1CCN(c2ncnc(N(CC#N)CC#N)c2N)CC1. The van der Waals surface area contributed by atoms with E-state index in [0.29, 0.717) is 17.3 Å². The van der Waals surface area contributed by atoms with Gasteiger partial charge >= 0.3 is 0 Å². The van der Waals surface area contributed by atoms with E-state index >= 15 is 0 Å². The van der Waals surface area contributed by atoms with Crippen LogP contribution in [0.4, 0.5) is 17.3 Å². The van der Waals surface area contributed by atoms with Crippen molar-refractivity contribution in [3.05, 3.63) is 6.33 Å². The van der Waals surface area contributed by atoms with Gasteiger partial charge in [0, 0.05) is 13.1 Å². The Kier molecular flexibility index (Phi) is 4.78. The summed E-state index contributed by atoms with van der Waals surface area (Å²) >= 11 is 0. The van der Waals surface area contributed by atoms with E-state index in [-0.39, 0.29) is 13.1 Å². The minimum atomic E-state index is 0.0747. The average molecular weight is 285 g/mol. The zero-order chi connectivity index (χ0) is 15.2. The summed E-state index contributed by atoms with van der Waals surface area (Å²) in [6, 6.07) is 4.06. The molecule has 1 aromatic heterocycles. The molecule has 0 amide bonds. The molecule has 2 rings (SSSR count). The van der Waals surface area contributed by atoms with Gasteiger partial charge in [0.2, 0.25) is 0 Å². The second kappa shape index (κ2) is 6.76. The lowest BCUT2D eigenvalue weighted by atomic mass is 9.99. The van der Waals surface area contributed by atoms with Gasteiger partial charge in [-0.05, 0) is 18.8 Å². The van der Waals surface area contributed by atoms with Crippen LogP contribution in [0.3, 0.4) is 0 Å². The molecule has 21 heavy (non-hydrogen) atoms. The minimum Gasteiger partial charge on any atom is -0.393 e. The lowest BCUT2D eigenvalue weighted by Gasteiger charge is -2.32. The normalized spacial score (nSPS) is 15.3. The van der Waals surface area contributed by atoms with Crippen LogP contribution in [-0.4, -0.2) is 36.1 Å². The summed E-state index contributed by atoms with van der Waals surface area (Å²) in [5, 5.41) is 17.7. The van der Waals surface area contributed by atoms with Crippen molar-refractivity contribution in [2.24, 2.45) is 5.92 Å². The molecular formula is C14H19N7. The predicted octanol–water partition coefficient (Wildman–Crippen LogP) is 1.15. The van der Waals surface area contributed by atoms with Gasteiger partial charge in [0.15, 0.2) is 11.6 Å². The molecule has 0 unspecified atom stereocenters. The third-order valence-corrected chi connectivity index (χ3v) is 3.75. The second-order valence-electron chi connectivity index (χ2n) is 5.28. The van der Waals surface area contributed by atoms with E-state index in [1.165, 1.54) is 6.33 Å². The first kappa shape index (κ1) is 14.9. The number of anilines is 3. The van der Waals surface area contributed by atoms with E-state index in [2.05, 4.69) is 21.8 Å². The van der Waals surface area contributed by atoms with E-state index < -0.39 is 0 Å².